The van der Waals surface area contributed by atoms with Crippen LogP contribution >= 0.6 is 0 Å². The number of aryl methyl sites for hydroxylation is 2. The van der Waals surface area contributed by atoms with E-state index in [0.717, 1.165) is 12.4 Å². The number of carbonyl (C=O) groups excluding carboxylic acids is 3. The molecule has 30 heavy (non-hydrogen) atoms. The standard InChI is InChI=1S/C22H21F2N3O3/c1-11-4-15(22-26-9-16(24)10-27-22)5-12(2)19(11)20-17(28)6-14(21(20)30)7-18(29)25-8-13(3)23/h4-5,9-10,14,20H,3,6-8H2,1-2H3,(H,25,29). The van der Waals surface area contributed by atoms with Crippen molar-refractivity contribution < 1.29 is 23.2 Å². The molecule has 0 saturated heterocycles. The number of rotatable bonds is 6. The minimum Gasteiger partial charge on any atom is -0.350 e. The molecule has 3 rings (SSSR count). The van der Waals surface area contributed by atoms with Crippen LogP contribution in [-0.2, 0) is 14.4 Å². The molecule has 8 heteroatoms. The number of benzene rings is 1. The Balaban J connectivity index is 1.83. The molecule has 2 aromatic rings. The van der Waals surface area contributed by atoms with E-state index < -0.39 is 29.4 Å². The second-order valence-corrected chi connectivity index (χ2v) is 7.45. The first kappa shape index (κ1) is 21.4. The summed E-state index contributed by atoms with van der Waals surface area (Å²) >= 11 is 0. The lowest BCUT2D eigenvalue weighted by molar-refractivity contribution is -0.128. The molecule has 0 aliphatic heterocycles. The summed E-state index contributed by atoms with van der Waals surface area (Å²) in [7, 11) is 0. The maximum absolute atomic E-state index is 13.1. The van der Waals surface area contributed by atoms with Gasteiger partial charge in [0.15, 0.2) is 17.4 Å². The number of carbonyl (C=O) groups is 3. The summed E-state index contributed by atoms with van der Waals surface area (Å²) in [5.41, 5.74) is 2.68. The maximum Gasteiger partial charge on any atom is 0.221 e. The van der Waals surface area contributed by atoms with Gasteiger partial charge in [-0.25, -0.2) is 18.7 Å². The Morgan fingerprint density at radius 2 is 1.80 bits per heavy atom. The van der Waals surface area contributed by atoms with Crippen molar-refractivity contribution in [2.24, 2.45) is 5.92 Å². The third kappa shape index (κ3) is 4.48. The Hall–Kier alpha value is -3.29. The van der Waals surface area contributed by atoms with Crippen LogP contribution < -0.4 is 5.32 Å². The van der Waals surface area contributed by atoms with Crippen LogP contribution in [0.5, 0.6) is 0 Å². The Morgan fingerprint density at radius 1 is 1.20 bits per heavy atom. The van der Waals surface area contributed by atoms with E-state index in [9.17, 15) is 23.2 Å². The average Bonchev–Trinajstić information content (AvgIpc) is 2.94. The molecular weight excluding hydrogens is 392 g/mol. The van der Waals surface area contributed by atoms with E-state index in [4.69, 9.17) is 0 Å². The highest BCUT2D eigenvalue weighted by Crippen LogP contribution is 2.38. The van der Waals surface area contributed by atoms with Gasteiger partial charge in [-0.15, -0.1) is 0 Å². The van der Waals surface area contributed by atoms with Crippen molar-refractivity contribution in [3.63, 3.8) is 0 Å². The lowest BCUT2D eigenvalue weighted by Crippen LogP contribution is -2.28. The molecule has 1 aromatic carbocycles. The van der Waals surface area contributed by atoms with Gasteiger partial charge in [-0.3, -0.25) is 14.4 Å². The number of hydrogen-bond acceptors (Lipinski definition) is 5. The molecule has 1 aliphatic carbocycles. The molecule has 1 aromatic heterocycles. The fourth-order valence-electron chi connectivity index (χ4n) is 3.84. The van der Waals surface area contributed by atoms with E-state index in [1.165, 1.54) is 0 Å². The largest absolute Gasteiger partial charge is 0.350 e. The Labute approximate surface area is 172 Å². The minimum absolute atomic E-state index is 0.0325. The van der Waals surface area contributed by atoms with Crippen molar-refractivity contribution in [3.05, 3.63) is 59.4 Å². The Kier molecular flexibility index (Phi) is 6.14. The van der Waals surface area contributed by atoms with Gasteiger partial charge in [0.2, 0.25) is 5.91 Å². The van der Waals surface area contributed by atoms with Crippen LogP contribution in [-0.4, -0.2) is 34.0 Å². The first-order valence-corrected chi connectivity index (χ1v) is 9.42. The van der Waals surface area contributed by atoms with Gasteiger partial charge >= 0.3 is 0 Å². The molecule has 1 saturated carbocycles. The molecule has 156 valence electrons. The normalized spacial score (nSPS) is 18.5. The van der Waals surface area contributed by atoms with Crippen molar-refractivity contribution >= 4 is 17.5 Å². The van der Waals surface area contributed by atoms with Crippen molar-refractivity contribution in [3.8, 4) is 11.4 Å². The summed E-state index contributed by atoms with van der Waals surface area (Å²) in [6.07, 6.45) is 1.93. The van der Waals surface area contributed by atoms with Gasteiger partial charge in [-0.2, -0.15) is 0 Å². The first-order valence-electron chi connectivity index (χ1n) is 9.42. The summed E-state index contributed by atoms with van der Waals surface area (Å²) in [4.78, 5) is 45.4. The van der Waals surface area contributed by atoms with Crippen LogP contribution in [0.3, 0.4) is 0 Å². The van der Waals surface area contributed by atoms with Gasteiger partial charge < -0.3 is 5.32 Å². The zero-order valence-electron chi connectivity index (χ0n) is 16.7. The number of ketones is 2. The van der Waals surface area contributed by atoms with Crippen LogP contribution in [0.15, 0.2) is 36.9 Å². The molecule has 2 atom stereocenters. The zero-order chi connectivity index (χ0) is 22.0. The number of hydrogen-bond donors (Lipinski definition) is 1. The van der Waals surface area contributed by atoms with Gasteiger partial charge in [-0.05, 0) is 42.7 Å². The number of aromatic nitrogens is 2. The topological polar surface area (TPSA) is 89.0 Å². The fourth-order valence-corrected chi connectivity index (χ4v) is 3.84. The van der Waals surface area contributed by atoms with Crippen molar-refractivity contribution in [1.82, 2.24) is 15.3 Å². The van der Waals surface area contributed by atoms with Gasteiger partial charge in [0.05, 0.1) is 18.9 Å². The van der Waals surface area contributed by atoms with E-state index in [1.54, 1.807) is 26.0 Å². The van der Waals surface area contributed by atoms with Crippen molar-refractivity contribution in [1.29, 1.82) is 0 Å². The predicted octanol–water partition coefficient (Wildman–Crippen LogP) is 3.13. The molecule has 0 bridgehead atoms. The number of nitrogens with zero attached hydrogens (tertiary/aromatic N) is 2. The second-order valence-electron chi connectivity index (χ2n) is 7.45. The first-order chi connectivity index (χ1) is 14.2. The van der Waals surface area contributed by atoms with Crippen LogP contribution in [0, 0.1) is 25.6 Å². The molecule has 1 N–H and O–H groups in total. The third-order valence-corrected chi connectivity index (χ3v) is 5.13. The van der Waals surface area contributed by atoms with Crippen LogP contribution in [0.1, 0.15) is 35.4 Å². The van der Waals surface area contributed by atoms with E-state index in [1.807, 2.05) is 0 Å². The quantitative estimate of drug-likeness (QED) is 0.735. The molecule has 1 aliphatic rings. The van der Waals surface area contributed by atoms with Crippen molar-refractivity contribution in [2.75, 3.05) is 6.54 Å². The Bertz CT molecular complexity index is 1010. The molecule has 2 unspecified atom stereocenters. The summed E-state index contributed by atoms with van der Waals surface area (Å²) in [5.74, 6) is -3.64. The number of halogens is 2. The summed E-state index contributed by atoms with van der Waals surface area (Å²) in [6.45, 7) is 6.30. The summed E-state index contributed by atoms with van der Waals surface area (Å²) < 4.78 is 25.8. The summed E-state index contributed by atoms with van der Waals surface area (Å²) in [5, 5.41) is 2.33. The van der Waals surface area contributed by atoms with Crippen LogP contribution in [0.2, 0.25) is 0 Å². The highest BCUT2D eigenvalue weighted by Gasteiger charge is 2.43. The highest BCUT2D eigenvalue weighted by atomic mass is 19.1. The molecule has 1 fully saturated rings. The van der Waals surface area contributed by atoms with Gasteiger partial charge in [-0.1, -0.05) is 6.58 Å². The predicted molar refractivity (Wildman–Crippen MR) is 106 cm³/mol. The Morgan fingerprint density at radius 3 is 2.37 bits per heavy atom. The molecule has 6 nitrogen and oxygen atoms in total. The average molecular weight is 413 g/mol. The third-order valence-electron chi connectivity index (χ3n) is 5.13. The maximum atomic E-state index is 13.1. The van der Waals surface area contributed by atoms with Crippen LogP contribution in [0.25, 0.3) is 11.4 Å². The highest BCUT2D eigenvalue weighted by molar-refractivity contribution is 6.15. The van der Waals surface area contributed by atoms with Gasteiger partial charge in [0, 0.05) is 24.3 Å². The number of Topliss-reactive ketones (excluding diaryl/α,β-unsaturated/α-hetero) is 2. The second kappa shape index (κ2) is 8.61. The SMILES string of the molecule is C=C(F)CNC(=O)CC1CC(=O)C(c2c(C)cc(-c3ncc(F)cn3)cc2C)C1=O. The lowest BCUT2D eigenvalue weighted by atomic mass is 9.86. The molecule has 0 spiro atoms. The minimum atomic E-state index is -0.942. The van der Waals surface area contributed by atoms with Gasteiger partial charge in [0.25, 0.3) is 0 Å². The van der Waals surface area contributed by atoms with Crippen LogP contribution in [0.4, 0.5) is 8.78 Å². The molecular formula is C22H21F2N3O3. The molecule has 0 radical (unpaired) electrons. The smallest absolute Gasteiger partial charge is 0.221 e. The monoisotopic (exact) mass is 413 g/mol. The van der Waals surface area contributed by atoms with Crippen molar-refractivity contribution in [2.45, 2.75) is 32.6 Å². The lowest BCUT2D eigenvalue weighted by Gasteiger charge is -2.17. The summed E-state index contributed by atoms with van der Waals surface area (Å²) in [6, 6.07) is 3.51. The molecule has 1 amide bonds. The number of nitrogens with one attached hydrogen (secondary N) is 1. The van der Waals surface area contributed by atoms with E-state index >= 15 is 0 Å². The molecule has 1 heterocycles. The van der Waals surface area contributed by atoms with E-state index in [-0.39, 0.29) is 31.0 Å². The van der Waals surface area contributed by atoms with Gasteiger partial charge in [0.1, 0.15) is 17.5 Å². The van der Waals surface area contributed by atoms with E-state index in [0.29, 0.717) is 28.1 Å². The number of amides is 1. The van der Waals surface area contributed by atoms with E-state index in [2.05, 4.69) is 21.9 Å². The zero-order valence-corrected chi connectivity index (χ0v) is 16.7. The fraction of sp³-hybridized carbons (Fsp3) is 0.318.